The van der Waals surface area contributed by atoms with E-state index in [-0.39, 0.29) is 0 Å². The fourth-order valence-electron chi connectivity index (χ4n) is 1.98. The van der Waals surface area contributed by atoms with Crippen LogP contribution in [0.4, 0.5) is 5.69 Å². The van der Waals surface area contributed by atoms with Crippen molar-refractivity contribution in [1.29, 1.82) is 0 Å². The standard InChI is InChI=1S/C13H19N3/c1-9(2)15-8-11-7-10-5-4-6-12(14)13(10)16(11)3/h4-7,9,15H,8,14H2,1-3H3. The summed E-state index contributed by atoms with van der Waals surface area (Å²) in [5.74, 6) is 0. The minimum absolute atomic E-state index is 0.496. The number of aromatic nitrogens is 1. The SMILES string of the molecule is CC(C)NCc1cc2cccc(N)c2n1C. The Kier molecular flexibility index (Phi) is 2.88. The molecule has 1 heterocycles. The normalized spacial score (nSPS) is 11.5. The summed E-state index contributed by atoms with van der Waals surface area (Å²) in [7, 11) is 2.07. The predicted molar refractivity (Wildman–Crippen MR) is 69.3 cm³/mol. The van der Waals surface area contributed by atoms with Crippen molar-refractivity contribution < 1.29 is 0 Å². The fourth-order valence-corrected chi connectivity index (χ4v) is 1.98. The summed E-state index contributed by atoms with van der Waals surface area (Å²) in [6.45, 7) is 5.18. The molecule has 0 radical (unpaired) electrons. The van der Waals surface area contributed by atoms with Gasteiger partial charge in [0, 0.05) is 30.7 Å². The van der Waals surface area contributed by atoms with Crippen LogP contribution in [0.2, 0.25) is 0 Å². The van der Waals surface area contributed by atoms with E-state index in [0.29, 0.717) is 6.04 Å². The first-order valence-corrected chi connectivity index (χ1v) is 5.65. The number of anilines is 1. The molecular formula is C13H19N3. The third-order valence-electron chi connectivity index (χ3n) is 2.88. The number of hydrogen-bond donors (Lipinski definition) is 2. The van der Waals surface area contributed by atoms with Crippen LogP contribution >= 0.6 is 0 Å². The van der Waals surface area contributed by atoms with Crippen LogP contribution in [-0.2, 0) is 13.6 Å². The lowest BCUT2D eigenvalue weighted by Crippen LogP contribution is -2.23. The summed E-state index contributed by atoms with van der Waals surface area (Å²) in [5.41, 5.74) is 9.22. The Morgan fingerprint density at radius 1 is 1.38 bits per heavy atom. The molecule has 0 aliphatic carbocycles. The van der Waals surface area contributed by atoms with Gasteiger partial charge < -0.3 is 15.6 Å². The van der Waals surface area contributed by atoms with Crippen molar-refractivity contribution in [1.82, 2.24) is 9.88 Å². The molecule has 0 aliphatic rings. The van der Waals surface area contributed by atoms with E-state index in [4.69, 9.17) is 5.73 Å². The maximum absolute atomic E-state index is 5.99. The number of benzene rings is 1. The monoisotopic (exact) mass is 217 g/mol. The quantitative estimate of drug-likeness (QED) is 0.774. The topological polar surface area (TPSA) is 43.0 Å². The highest BCUT2D eigenvalue weighted by Crippen LogP contribution is 2.23. The highest BCUT2D eigenvalue weighted by molar-refractivity contribution is 5.91. The Morgan fingerprint density at radius 3 is 2.75 bits per heavy atom. The molecule has 2 aromatic rings. The van der Waals surface area contributed by atoms with Gasteiger partial charge in [0.05, 0.1) is 11.2 Å². The van der Waals surface area contributed by atoms with Gasteiger partial charge in [-0.25, -0.2) is 0 Å². The third-order valence-corrected chi connectivity index (χ3v) is 2.88. The van der Waals surface area contributed by atoms with E-state index >= 15 is 0 Å². The number of rotatable bonds is 3. The minimum Gasteiger partial charge on any atom is -0.397 e. The van der Waals surface area contributed by atoms with Crippen LogP contribution in [0, 0.1) is 0 Å². The van der Waals surface area contributed by atoms with Crippen LogP contribution in [0.1, 0.15) is 19.5 Å². The Balaban J connectivity index is 2.40. The number of aryl methyl sites for hydroxylation is 1. The molecule has 2 rings (SSSR count). The molecular weight excluding hydrogens is 198 g/mol. The molecule has 3 N–H and O–H groups in total. The van der Waals surface area contributed by atoms with E-state index in [1.54, 1.807) is 0 Å². The summed E-state index contributed by atoms with van der Waals surface area (Å²) >= 11 is 0. The van der Waals surface area contributed by atoms with Crippen molar-refractivity contribution in [3.63, 3.8) is 0 Å². The molecule has 3 nitrogen and oxygen atoms in total. The predicted octanol–water partition coefficient (Wildman–Crippen LogP) is 2.26. The Hall–Kier alpha value is -1.48. The molecule has 0 spiro atoms. The molecule has 1 aromatic heterocycles. The molecule has 86 valence electrons. The van der Waals surface area contributed by atoms with Crippen LogP contribution in [0.25, 0.3) is 10.9 Å². The van der Waals surface area contributed by atoms with Gasteiger partial charge in [0.25, 0.3) is 0 Å². The lowest BCUT2D eigenvalue weighted by Gasteiger charge is -2.09. The fraction of sp³-hybridized carbons (Fsp3) is 0.385. The first-order chi connectivity index (χ1) is 7.59. The van der Waals surface area contributed by atoms with Gasteiger partial charge in [-0.1, -0.05) is 26.0 Å². The summed E-state index contributed by atoms with van der Waals surface area (Å²) < 4.78 is 2.17. The van der Waals surface area contributed by atoms with Crippen LogP contribution in [0.15, 0.2) is 24.3 Å². The average Bonchev–Trinajstić information content (AvgIpc) is 2.54. The van der Waals surface area contributed by atoms with Crippen LogP contribution < -0.4 is 11.1 Å². The second-order valence-corrected chi connectivity index (χ2v) is 4.52. The summed E-state index contributed by atoms with van der Waals surface area (Å²) in [6, 6.07) is 8.74. The molecule has 0 unspecified atom stereocenters. The first kappa shape index (κ1) is 11.0. The van der Waals surface area contributed by atoms with Gasteiger partial charge in [0.2, 0.25) is 0 Å². The molecule has 1 aromatic carbocycles. The maximum Gasteiger partial charge on any atom is 0.0713 e. The molecule has 0 atom stereocenters. The van der Waals surface area contributed by atoms with Crippen molar-refractivity contribution in [3.8, 4) is 0 Å². The van der Waals surface area contributed by atoms with Gasteiger partial charge >= 0.3 is 0 Å². The van der Waals surface area contributed by atoms with Gasteiger partial charge in [0.1, 0.15) is 0 Å². The van der Waals surface area contributed by atoms with E-state index < -0.39 is 0 Å². The van der Waals surface area contributed by atoms with Gasteiger partial charge in [-0.05, 0) is 12.1 Å². The van der Waals surface area contributed by atoms with E-state index in [1.807, 2.05) is 12.1 Å². The Labute approximate surface area is 96.2 Å². The number of hydrogen-bond acceptors (Lipinski definition) is 2. The molecule has 0 amide bonds. The average molecular weight is 217 g/mol. The smallest absolute Gasteiger partial charge is 0.0713 e. The zero-order valence-electron chi connectivity index (χ0n) is 10.1. The van der Waals surface area contributed by atoms with E-state index in [1.165, 1.54) is 11.1 Å². The second-order valence-electron chi connectivity index (χ2n) is 4.52. The van der Waals surface area contributed by atoms with Gasteiger partial charge in [0.15, 0.2) is 0 Å². The lowest BCUT2D eigenvalue weighted by atomic mass is 10.2. The van der Waals surface area contributed by atoms with Gasteiger partial charge in [-0.3, -0.25) is 0 Å². The molecule has 3 heteroatoms. The summed E-state index contributed by atoms with van der Waals surface area (Å²) in [5, 5.41) is 4.63. The zero-order valence-corrected chi connectivity index (χ0v) is 10.1. The van der Waals surface area contributed by atoms with Crippen molar-refractivity contribution in [2.45, 2.75) is 26.4 Å². The summed E-state index contributed by atoms with van der Waals surface area (Å²) in [6.07, 6.45) is 0. The summed E-state index contributed by atoms with van der Waals surface area (Å²) in [4.78, 5) is 0. The lowest BCUT2D eigenvalue weighted by molar-refractivity contribution is 0.573. The van der Waals surface area contributed by atoms with Crippen molar-refractivity contribution in [3.05, 3.63) is 30.0 Å². The highest BCUT2D eigenvalue weighted by Gasteiger charge is 2.07. The van der Waals surface area contributed by atoms with Crippen LogP contribution in [-0.4, -0.2) is 10.6 Å². The van der Waals surface area contributed by atoms with Gasteiger partial charge in [-0.15, -0.1) is 0 Å². The van der Waals surface area contributed by atoms with Crippen molar-refractivity contribution in [2.24, 2.45) is 7.05 Å². The molecule has 16 heavy (non-hydrogen) atoms. The molecule has 0 saturated heterocycles. The largest absolute Gasteiger partial charge is 0.397 e. The van der Waals surface area contributed by atoms with Gasteiger partial charge in [-0.2, -0.15) is 0 Å². The minimum atomic E-state index is 0.496. The number of nitrogen functional groups attached to an aromatic ring is 1. The first-order valence-electron chi connectivity index (χ1n) is 5.65. The van der Waals surface area contributed by atoms with E-state index in [2.05, 4.69) is 42.9 Å². The van der Waals surface area contributed by atoms with Crippen LogP contribution in [0.3, 0.4) is 0 Å². The third kappa shape index (κ3) is 1.91. The number of nitrogens with one attached hydrogen (secondary N) is 1. The number of nitrogens with two attached hydrogens (primary N) is 1. The second kappa shape index (κ2) is 4.18. The number of nitrogens with zero attached hydrogens (tertiary/aromatic N) is 1. The van der Waals surface area contributed by atoms with Crippen molar-refractivity contribution in [2.75, 3.05) is 5.73 Å². The van der Waals surface area contributed by atoms with E-state index in [0.717, 1.165) is 17.7 Å². The van der Waals surface area contributed by atoms with E-state index in [9.17, 15) is 0 Å². The molecule has 0 aliphatic heterocycles. The van der Waals surface area contributed by atoms with Crippen LogP contribution in [0.5, 0.6) is 0 Å². The Morgan fingerprint density at radius 2 is 2.12 bits per heavy atom. The molecule has 0 fully saturated rings. The van der Waals surface area contributed by atoms with Crippen molar-refractivity contribution >= 4 is 16.6 Å². The number of para-hydroxylation sites is 1. The molecule has 0 bridgehead atoms. The Bertz CT molecular complexity index is 497. The number of fused-ring (bicyclic) bond motifs is 1. The maximum atomic E-state index is 5.99. The highest BCUT2D eigenvalue weighted by atomic mass is 15.0. The zero-order chi connectivity index (χ0) is 11.7. The molecule has 0 saturated carbocycles.